The maximum absolute atomic E-state index is 12.4. The Morgan fingerprint density at radius 1 is 1.42 bits per heavy atom. The first-order valence-corrected chi connectivity index (χ1v) is 6.29. The van der Waals surface area contributed by atoms with Gasteiger partial charge in [-0.15, -0.1) is 0 Å². The second-order valence-corrected chi connectivity index (χ2v) is 4.96. The van der Waals surface area contributed by atoms with Crippen LogP contribution in [0.4, 0.5) is 0 Å². The number of carbonyl (C=O) groups is 1. The highest BCUT2D eigenvalue weighted by molar-refractivity contribution is 5.97. The van der Waals surface area contributed by atoms with Gasteiger partial charge in [0.05, 0.1) is 5.52 Å². The van der Waals surface area contributed by atoms with E-state index in [1.807, 2.05) is 23.0 Å². The van der Waals surface area contributed by atoms with Gasteiger partial charge in [-0.05, 0) is 37.0 Å². The molecule has 0 bridgehead atoms. The van der Waals surface area contributed by atoms with Crippen LogP contribution < -0.4 is 16.7 Å². The Labute approximate surface area is 110 Å². The summed E-state index contributed by atoms with van der Waals surface area (Å²) in [6, 6.07) is 3.95. The average molecular weight is 257 g/mol. The minimum Gasteiger partial charge on any atom is -0.346 e. The third kappa shape index (κ3) is 1.74. The van der Waals surface area contributed by atoms with Gasteiger partial charge in [0, 0.05) is 18.1 Å². The average Bonchev–Trinajstić information content (AvgIpc) is 2.41. The van der Waals surface area contributed by atoms with Crippen molar-refractivity contribution in [2.75, 3.05) is 0 Å². The molecule has 19 heavy (non-hydrogen) atoms. The summed E-state index contributed by atoms with van der Waals surface area (Å²) in [5.41, 5.74) is 5.06. The number of benzene rings is 1. The number of carbonyl (C=O) groups excluding carboxylic acids is 1. The third-order valence-electron chi connectivity index (χ3n) is 3.62. The molecule has 0 fully saturated rings. The number of nitrogen functional groups attached to an aromatic ring is 1. The van der Waals surface area contributed by atoms with Gasteiger partial charge in [0.15, 0.2) is 0 Å². The summed E-state index contributed by atoms with van der Waals surface area (Å²) < 4.78 is 1.99. The van der Waals surface area contributed by atoms with Gasteiger partial charge in [0.25, 0.3) is 5.91 Å². The number of aromatic nitrogens is 1. The molecule has 0 saturated heterocycles. The van der Waals surface area contributed by atoms with E-state index < -0.39 is 5.91 Å². The lowest BCUT2D eigenvalue weighted by molar-refractivity contribution is 0.0952. The SMILES string of the molecule is Cc1cc2c3c(c1)c(=O)c(C(=O)NN)cn3CCC2. The molecule has 3 N–H and O–H groups in total. The maximum atomic E-state index is 12.4. The molecular formula is C14H15N3O2. The molecule has 1 aliphatic rings. The zero-order chi connectivity index (χ0) is 13.6. The van der Waals surface area contributed by atoms with E-state index in [0.717, 1.165) is 30.5 Å². The van der Waals surface area contributed by atoms with Crippen molar-refractivity contribution in [3.63, 3.8) is 0 Å². The molecule has 3 rings (SSSR count). The van der Waals surface area contributed by atoms with Crippen LogP contribution in [0, 0.1) is 6.92 Å². The van der Waals surface area contributed by atoms with Gasteiger partial charge in [-0.2, -0.15) is 0 Å². The summed E-state index contributed by atoms with van der Waals surface area (Å²) in [6.07, 6.45) is 3.60. The van der Waals surface area contributed by atoms with Gasteiger partial charge in [0.1, 0.15) is 5.56 Å². The van der Waals surface area contributed by atoms with E-state index in [1.54, 1.807) is 6.20 Å². The number of hydrogen-bond donors (Lipinski definition) is 2. The van der Waals surface area contributed by atoms with E-state index in [1.165, 1.54) is 5.56 Å². The van der Waals surface area contributed by atoms with E-state index in [0.29, 0.717) is 5.39 Å². The molecule has 1 aliphatic heterocycles. The fourth-order valence-electron chi connectivity index (χ4n) is 2.84. The first kappa shape index (κ1) is 11.9. The molecule has 0 atom stereocenters. The number of nitrogens with one attached hydrogen (secondary N) is 1. The van der Waals surface area contributed by atoms with Crippen molar-refractivity contribution in [1.82, 2.24) is 9.99 Å². The van der Waals surface area contributed by atoms with Gasteiger partial charge in [0.2, 0.25) is 5.43 Å². The number of rotatable bonds is 1. The molecule has 2 heterocycles. The quantitative estimate of drug-likeness (QED) is 0.452. The number of nitrogens with two attached hydrogens (primary N) is 1. The Bertz CT molecular complexity index is 746. The zero-order valence-corrected chi connectivity index (χ0v) is 10.7. The second-order valence-electron chi connectivity index (χ2n) is 4.96. The van der Waals surface area contributed by atoms with Crippen molar-refractivity contribution in [3.8, 4) is 0 Å². The number of nitrogens with zero attached hydrogens (tertiary/aromatic N) is 1. The number of hydrazine groups is 1. The molecule has 1 aromatic heterocycles. The topological polar surface area (TPSA) is 77.1 Å². The summed E-state index contributed by atoms with van der Waals surface area (Å²) >= 11 is 0. The Morgan fingerprint density at radius 2 is 2.21 bits per heavy atom. The lowest BCUT2D eigenvalue weighted by Crippen LogP contribution is -2.35. The highest BCUT2D eigenvalue weighted by Crippen LogP contribution is 2.25. The summed E-state index contributed by atoms with van der Waals surface area (Å²) in [4.78, 5) is 24.1. The first-order valence-electron chi connectivity index (χ1n) is 6.29. The molecule has 5 heteroatoms. The number of hydrogen-bond acceptors (Lipinski definition) is 3. The monoisotopic (exact) mass is 257 g/mol. The van der Waals surface area contributed by atoms with E-state index >= 15 is 0 Å². The van der Waals surface area contributed by atoms with E-state index in [2.05, 4.69) is 6.07 Å². The van der Waals surface area contributed by atoms with Gasteiger partial charge in [-0.1, -0.05) is 6.07 Å². The van der Waals surface area contributed by atoms with Crippen LogP contribution in [0.2, 0.25) is 0 Å². The van der Waals surface area contributed by atoms with Gasteiger partial charge < -0.3 is 4.57 Å². The number of amides is 1. The predicted octanol–water partition coefficient (Wildman–Crippen LogP) is 0.860. The largest absolute Gasteiger partial charge is 0.346 e. The summed E-state index contributed by atoms with van der Waals surface area (Å²) in [5.74, 6) is 4.60. The summed E-state index contributed by atoms with van der Waals surface area (Å²) in [7, 11) is 0. The van der Waals surface area contributed by atoms with Crippen LogP contribution in [0.1, 0.15) is 27.9 Å². The lowest BCUT2D eigenvalue weighted by atomic mass is 9.97. The number of aryl methyl sites for hydroxylation is 3. The molecular weight excluding hydrogens is 242 g/mol. The summed E-state index contributed by atoms with van der Waals surface area (Å²) in [6.45, 7) is 2.78. The maximum Gasteiger partial charge on any atom is 0.270 e. The molecule has 98 valence electrons. The standard InChI is InChI=1S/C14H15N3O2/c1-8-5-9-3-2-4-17-7-11(14(19)16-15)13(18)10(6-8)12(9)17/h5-7H,2-4,15H2,1H3,(H,16,19). The molecule has 0 aliphatic carbocycles. The fraction of sp³-hybridized carbons (Fsp3) is 0.286. The number of pyridine rings is 1. The Morgan fingerprint density at radius 3 is 2.95 bits per heavy atom. The highest BCUT2D eigenvalue weighted by Gasteiger charge is 2.19. The molecule has 0 saturated carbocycles. The van der Waals surface area contributed by atoms with Gasteiger partial charge in [-0.3, -0.25) is 15.0 Å². The first-order chi connectivity index (χ1) is 9.11. The highest BCUT2D eigenvalue weighted by atomic mass is 16.2. The van der Waals surface area contributed by atoms with Crippen molar-refractivity contribution in [2.45, 2.75) is 26.3 Å². The Kier molecular flexibility index (Phi) is 2.64. The van der Waals surface area contributed by atoms with Crippen LogP contribution in [0.15, 0.2) is 23.1 Å². The van der Waals surface area contributed by atoms with Crippen molar-refractivity contribution in [1.29, 1.82) is 0 Å². The Balaban J connectivity index is 2.45. The minimum atomic E-state index is -0.538. The van der Waals surface area contributed by atoms with E-state index in [-0.39, 0.29) is 11.0 Å². The van der Waals surface area contributed by atoms with Gasteiger partial charge in [-0.25, -0.2) is 5.84 Å². The van der Waals surface area contributed by atoms with Crippen LogP contribution in [-0.4, -0.2) is 10.5 Å². The van der Waals surface area contributed by atoms with Crippen LogP contribution in [0.5, 0.6) is 0 Å². The van der Waals surface area contributed by atoms with Crippen molar-refractivity contribution in [3.05, 3.63) is 45.2 Å². The van der Waals surface area contributed by atoms with Crippen molar-refractivity contribution < 1.29 is 4.79 Å². The molecule has 0 radical (unpaired) electrons. The molecule has 2 aromatic rings. The Hall–Kier alpha value is -2.14. The lowest BCUT2D eigenvalue weighted by Gasteiger charge is -2.21. The van der Waals surface area contributed by atoms with E-state index in [4.69, 9.17) is 5.84 Å². The summed E-state index contributed by atoms with van der Waals surface area (Å²) in [5, 5.41) is 0.607. The molecule has 0 unspecified atom stereocenters. The zero-order valence-electron chi connectivity index (χ0n) is 10.7. The van der Waals surface area contributed by atoms with Crippen LogP contribution >= 0.6 is 0 Å². The van der Waals surface area contributed by atoms with Crippen LogP contribution in [-0.2, 0) is 13.0 Å². The smallest absolute Gasteiger partial charge is 0.270 e. The molecule has 0 spiro atoms. The van der Waals surface area contributed by atoms with Crippen molar-refractivity contribution >= 4 is 16.8 Å². The third-order valence-corrected chi connectivity index (χ3v) is 3.62. The predicted molar refractivity (Wildman–Crippen MR) is 72.9 cm³/mol. The molecule has 1 aromatic carbocycles. The van der Waals surface area contributed by atoms with Gasteiger partial charge >= 0.3 is 0 Å². The normalized spacial score (nSPS) is 13.6. The van der Waals surface area contributed by atoms with Crippen LogP contribution in [0.25, 0.3) is 10.9 Å². The van der Waals surface area contributed by atoms with Crippen molar-refractivity contribution in [2.24, 2.45) is 5.84 Å². The molecule has 1 amide bonds. The minimum absolute atomic E-state index is 0.105. The second kappa shape index (κ2) is 4.20. The fourth-order valence-corrected chi connectivity index (χ4v) is 2.84. The molecule has 5 nitrogen and oxygen atoms in total. The van der Waals surface area contributed by atoms with E-state index in [9.17, 15) is 9.59 Å². The van der Waals surface area contributed by atoms with Crippen LogP contribution in [0.3, 0.4) is 0 Å².